The Labute approximate surface area is 160 Å². The molecular weight excluding hydrogens is 342 g/mol. The predicted molar refractivity (Wildman–Crippen MR) is 105 cm³/mol. The zero-order chi connectivity index (χ0) is 19.6. The normalized spacial score (nSPS) is 12.8. The Morgan fingerprint density at radius 3 is 2.48 bits per heavy atom. The molecule has 5 nitrogen and oxygen atoms in total. The third-order valence-corrected chi connectivity index (χ3v) is 4.42. The monoisotopic (exact) mass is 369 g/mol. The summed E-state index contributed by atoms with van der Waals surface area (Å²) in [4.78, 5) is 23.7. The number of carbonyl (C=O) groups is 2. The average Bonchev–Trinajstić information content (AvgIpc) is 2.66. The van der Waals surface area contributed by atoms with E-state index in [0.29, 0.717) is 19.4 Å². The number of carbonyl (C=O) groups excluding carboxylic acids is 1. The van der Waals surface area contributed by atoms with E-state index in [4.69, 9.17) is 4.74 Å². The lowest BCUT2D eigenvalue weighted by Gasteiger charge is -2.23. The minimum atomic E-state index is -0.935. The third kappa shape index (κ3) is 6.77. The van der Waals surface area contributed by atoms with Gasteiger partial charge in [0.15, 0.2) is 0 Å². The summed E-state index contributed by atoms with van der Waals surface area (Å²) in [6.07, 6.45) is 1.78. The van der Waals surface area contributed by atoms with E-state index < -0.39 is 17.9 Å². The maximum atomic E-state index is 12.3. The van der Waals surface area contributed by atoms with Gasteiger partial charge in [-0.15, -0.1) is 0 Å². The smallest absolute Gasteiger partial charge is 0.308 e. The molecule has 2 N–H and O–H groups in total. The molecule has 2 aromatic rings. The fourth-order valence-electron chi connectivity index (χ4n) is 2.83. The van der Waals surface area contributed by atoms with Gasteiger partial charge in [-0.1, -0.05) is 42.5 Å². The van der Waals surface area contributed by atoms with E-state index in [1.807, 2.05) is 61.5 Å². The summed E-state index contributed by atoms with van der Waals surface area (Å²) < 4.78 is 5.68. The molecule has 27 heavy (non-hydrogen) atoms. The number of carboxylic acid groups (broad SMARTS) is 1. The largest absolute Gasteiger partial charge is 0.494 e. The molecule has 1 amide bonds. The van der Waals surface area contributed by atoms with Gasteiger partial charge in [0, 0.05) is 6.42 Å². The van der Waals surface area contributed by atoms with Crippen LogP contribution < -0.4 is 10.1 Å². The van der Waals surface area contributed by atoms with Crippen molar-refractivity contribution in [3.8, 4) is 5.75 Å². The van der Waals surface area contributed by atoms with Gasteiger partial charge < -0.3 is 15.2 Å². The Hall–Kier alpha value is -2.82. The van der Waals surface area contributed by atoms with Crippen molar-refractivity contribution < 1.29 is 19.4 Å². The molecule has 0 aromatic heterocycles. The van der Waals surface area contributed by atoms with Crippen LogP contribution in [-0.4, -0.2) is 23.6 Å². The quantitative estimate of drug-likeness (QED) is 0.618. The van der Waals surface area contributed by atoms with E-state index in [1.165, 1.54) is 0 Å². The molecule has 0 aliphatic rings. The highest BCUT2D eigenvalue weighted by atomic mass is 16.5. The zero-order valence-electron chi connectivity index (χ0n) is 15.9. The van der Waals surface area contributed by atoms with Crippen molar-refractivity contribution >= 4 is 11.9 Å². The molecule has 0 aliphatic heterocycles. The Bertz CT molecular complexity index is 745. The van der Waals surface area contributed by atoms with Gasteiger partial charge in [0.1, 0.15) is 5.75 Å². The third-order valence-electron chi connectivity index (χ3n) is 4.42. The van der Waals surface area contributed by atoms with Crippen LogP contribution in [0.15, 0.2) is 54.6 Å². The van der Waals surface area contributed by atoms with Crippen molar-refractivity contribution in [1.29, 1.82) is 0 Å². The van der Waals surface area contributed by atoms with E-state index in [1.54, 1.807) is 6.92 Å². The van der Waals surface area contributed by atoms with Crippen molar-refractivity contribution in [3.05, 3.63) is 65.7 Å². The second-order valence-corrected chi connectivity index (χ2v) is 6.70. The first kappa shape index (κ1) is 20.5. The van der Waals surface area contributed by atoms with Crippen molar-refractivity contribution in [2.45, 2.75) is 39.2 Å². The molecule has 2 rings (SSSR count). The maximum absolute atomic E-state index is 12.3. The summed E-state index contributed by atoms with van der Waals surface area (Å²) in [6.45, 7) is 4.17. The summed E-state index contributed by atoms with van der Waals surface area (Å²) in [7, 11) is 0. The van der Waals surface area contributed by atoms with Crippen LogP contribution in [0.4, 0.5) is 0 Å². The van der Waals surface area contributed by atoms with Crippen LogP contribution in [0.5, 0.6) is 5.75 Å². The first-order valence-corrected chi connectivity index (χ1v) is 9.24. The highest BCUT2D eigenvalue weighted by molar-refractivity contribution is 5.78. The summed E-state index contributed by atoms with van der Waals surface area (Å²) in [6, 6.07) is 16.5. The van der Waals surface area contributed by atoms with Gasteiger partial charge >= 0.3 is 5.97 Å². The minimum absolute atomic E-state index is 0.146. The van der Waals surface area contributed by atoms with Gasteiger partial charge in [-0.05, 0) is 49.9 Å². The maximum Gasteiger partial charge on any atom is 0.308 e. The molecule has 2 atom stereocenters. The molecule has 2 unspecified atom stereocenters. The molecule has 0 saturated heterocycles. The molecule has 0 spiro atoms. The Morgan fingerprint density at radius 1 is 1.07 bits per heavy atom. The number of unbranched alkanes of at least 4 members (excludes halogenated alkanes) is 1. The minimum Gasteiger partial charge on any atom is -0.494 e. The zero-order valence-corrected chi connectivity index (χ0v) is 15.9. The van der Waals surface area contributed by atoms with Gasteiger partial charge in [-0.3, -0.25) is 9.59 Å². The number of aliphatic carboxylic acids is 1. The van der Waals surface area contributed by atoms with Crippen LogP contribution in [0, 0.1) is 12.8 Å². The fraction of sp³-hybridized carbons (Fsp3) is 0.364. The summed E-state index contributed by atoms with van der Waals surface area (Å²) in [5, 5.41) is 12.2. The SMILES string of the molecule is Cc1cccc(OCCCCC(=O)NC(c2ccccc2)C(C)C(=O)O)c1. The number of amides is 1. The molecule has 2 aromatic carbocycles. The van der Waals surface area contributed by atoms with Gasteiger partial charge in [-0.2, -0.15) is 0 Å². The Kier molecular flexibility index (Phi) is 7.86. The van der Waals surface area contributed by atoms with Crippen LogP contribution in [0.1, 0.15) is 43.4 Å². The van der Waals surface area contributed by atoms with Crippen LogP contribution in [0.2, 0.25) is 0 Å². The number of hydrogen-bond donors (Lipinski definition) is 2. The van der Waals surface area contributed by atoms with Crippen LogP contribution >= 0.6 is 0 Å². The van der Waals surface area contributed by atoms with Gasteiger partial charge in [0.05, 0.1) is 18.6 Å². The first-order chi connectivity index (χ1) is 13.0. The van der Waals surface area contributed by atoms with Gasteiger partial charge in [0.25, 0.3) is 0 Å². The molecule has 144 valence electrons. The molecular formula is C22H27NO4. The van der Waals surface area contributed by atoms with Crippen LogP contribution in [0.3, 0.4) is 0 Å². The standard InChI is InChI=1S/C22H27NO4/c1-16-9-8-12-19(15-16)27-14-7-6-13-20(24)23-21(17(2)22(25)26)18-10-4-3-5-11-18/h3-5,8-12,15,17,21H,6-7,13-14H2,1-2H3,(H,23,24)(H,25,26). The highest BCUT2D eigenvalue weighted by Crippen LogP contribution is 2.22. The summed E-state index contributed by atoms with van der Waals surface area (Å²) >= 11 is 0. The number of benzene rings is 2. The predicted octanol–water partition coefficient (Wildman–Crippen LogP) is 4.12. The lowest BCUT2D eigenvalue weighted by Crippen LogP contribution is -2.35. The van der Waals surface area contributed by atoms with Crippen LogP contribution in [0.25, 0.3) is 0 Å². The van der Waals surface area contributed by atoms with Crippen molar-refractivity contribution in [3.63, 3.8) is 0 Å². The Morgan fingerprint density at radius 2 is 1.81 bits per heavy atom. The van der Waals surface area contributed by atoms with E-state index in [0.717, 1.165) is 23.3 Å². The summed E-state index contributed by atoms with van der Waals surface area (Å²) in [5.74, 6) is -0.955. The molecule has 0 radical (unpaired) electrons. The number of rotatable bonds is 10. The number of ether oxygens (including phenoxy) is 1. The van der Waals surface area contributed by atoms with E-state index in [9.17, 15) is 14.7 Å². The molecule has 0 aliphatic carbocycles. The first-order valence-electron chi connectivity index (χ1n) is 9.24. The number of aryl methyl sites for hydroxylation is 1. The van der Waals surface area contributed by atoms with E-state index >= 15 is 0 Å². The second kappa shape index (κ2) is 10.4. The van der Waals surface area contributed by atoms with Gasteiger partial charge in [-0.25, -0.2) is 0 Å². The molecule has 0 fully saturated rings. The highest BCUT2D eigenvalue weighted by Gasteiger charge is 2.26. The summed E-state index contributed by atoms with van der Waals surface area (Å²) in [5.41, 5.74) is 1.94. The lowest BCUT2D eigenvalue weighted by atomic mass is 9.94. The lowest BCUT2D eigenvalue weighted by molar-refractivity contribution is -0.142. The Balaban J connectivity index is 1.79. The number of carboxylic acids is 1. The molecule has 0 heterocycles. The van der Waals surface area contributed by atoms with Crippen molar-refractivity contribution in [2.75, 3.05) is 6.61 Å². The molecule has 5 heteroatoms. The van der Waals surface area contributed by atoms with Gasteiger partial charge in [0.2, 0.25) is 5.91 Å². The van der Waals surface area contributed by atoms with Crippen molar-refractivity contribution in [2.24, 2.45) is 5.92 Å². The van der Waals surface area contributed by atoms with E-state index in [-0.39, 0.29) is 5.91 Å². The van der Waals surface area contributed by atoms with Crippen molar-refractivity contribution in [1.82, 2.24) is 5.32 Å². The second-order valence-electron chi connectivity index (χ2n) is 6.70. The fourth-order valence-corrected chi connectivity index (χ4v) is 2.83. The molecule has 0 saturated carbocycles. The average molecular weight is 369 g/mol. The van der Waals surface area contributed by atoms with E-state index in [2.05, 4.69) is 5.32 Å². The topological polar surface area (TPSA) is 75.6 Å². The number of nitrogens with one attached hydrogen (secondary N) is 1. The molecule has 0 bridgehead atoms. The van der Waals surface area contributed by atoms with Crippen LogP contribution in [-0.2, 0) is 9.59 Å². The number of hydrogen-bond acceptors (Lipinski definition) is 3.